The quantitative estimate of drug-likeness (QED) is 0.781. The average molecular weight is 277 g/mol. The van der Waals surface area contributed by atoms with Crippen molar-refractivity contribution < 1.29 is 0 Å². The van der Waals surface area contributed by atoms with Gasteiger partial charge in [-0.2, -0.15) is 0 Å². The lowest BCUT2D eigenvalue weighted by Crippen LogP contribution is -2.30. The summed E-state index contributed by atoms with van der Waals surface area (Å²) in [6, 6.07) is 16.2. The lowest BCUT2D eigenvalue weighted by molar-refractivity contribution is 0.742. The van der Waals surface area contributed by atoms with E-state index >= 15 is 0 Å². The van der Waals surface area contributed by atoms with E-state index in [1.165, 1.54) is 0 Å². The van der Waals surface area contributed by atoms with E-state index in [9.17, 15) is 0 Å². The van der Waals surface area contributed by atoms with Gasteiger partial charge in [0.05, 0.1) is 11.2 Å². The van der Waals surface area contributed by atoms with E-state index in [1.54, 1.807) is 0 Å². The molecule has 1 aromatic heterocycles. The van der Waals surface area contributed by atoms with E-state index in [0.717, 1.165) is 47.6 Å². The van der Waals surface area contributed by atoms with E-state index in [4.69, 9.17) is 0 Å². The molecule has 4 rings (SSSR count). The molecular weight excluding hydrogens is 262 g/mol. The fourth-order valence-electron chi connectivity index (χ4n) is 2.55. The summed E-state index contributed by atoms with van der Waals surface area (Å²) in [5.41, 5.74) is 4.03. The Labute approximate surface area is 122 Å². The average Bonchev–Trinajstić information content (AvgIpc) is 3.00. The molecule has 1 N–H and O–H groups in total. The number of rotatable bonds is 2. The van der Waals surface area contributed by atoms with Crippen molar-refractivity contribution in [2.45, 2.75) is 6.42 Å². The molecule has 104 valence electrons. The number of nitrogens with one attached hydrogen (secondary N) is 1. The maximum Gasteiger partial charge on any atom is 0.128 e. The smallest absolute Gasteiger partial charge is 0.128 e. The van der Waals surface area contributed by atoms with Gasteiger partial charge >= 0.3 is 0 Å². The minimum atomic E-state index is 0.901. The van der Waals surface area contributed by atoms with Gasteiger partial charge in [0.15, 0.2) is 0 Å². The predicted octanol–water partition coefficient (Wildman–Crippen LogP) is 2.16. The molecule has 0 spiro atoms. The van der Waals surface area contributed by atoms with Crippen LogP contribution in [0.15, 0.2) is 53.5 Å². The van der Waals surface area contributed by atoms with Crippen LogP contribution in [0.1, 0.15) is 12.0 Å². The molecule has 1 aliphatic heterocycles. The molecule has 0 aliphatic carbocycles. The van der Waals surface area contributed by atoms with Crippen LogP contribution in [0.3, 0.4) is 0 Å². The second kappa shape index (κ2) is 5.01. The Morgan fingerprint density at radius 1 is 1.00 bits per heavy atom. The number of amidine groups is 1. The van der Waals surface area contributed by atoms with Gasteiger partial charge in [0, 0.05) is 18.7 Å². The van der Waals surface area contributed by atoms with Gasteiger partial charge in [0.1, 0.15) is 11.4 Å². The highest BCUT2D eigenvalue weighted by atomic mass is 15.4. The molecule has 3 aromatic rings. The summed E-state index contributed by atoms with van der Waals surface area (Å²) in [5.74, 6) is 0.983. The molecule has 5 heteroatoms. The van der Waals surface area contributed by atoms with Gasteiger partial charge < -0.3 is 5.32 Å². The molecule has 0 fully saturated rings. The molecule has 0 atom stereocenters. The summed E-state index contributed by atoms with van der Waals surface area (Å²) in [7, 11) is 0. The minimum Gasteiger partial charge on any atom is -0.370 e. The predicted molar refractivity (Wildman–Crippen MR) is 82.9 cm³/mol. The first-order chi connectivity index (χ1) is 10.4. The zero-order valence-electron chi connectivity index (χ0n) is 11.5. The molecule has 0 saturated heterocycles. The first-order valence-electron chi connectivity index (χ1n) is 7.11. The molecule has 1 aliphatic rings. The van der Waals surface area contributed by atoms with Gasteiger partial charge in [-0.3, -0.25) is 4.99 Å². The number of hydrogen-bond acceptors (Lipinski definition) is 4. The molecule has 0 unspecified atom stereocenters. The Kier molecular flexibility index (Phi) is 2.88. The van der Waals surface area contributed by atoms with Gasteiger partial charge in [0.25, 0.3) is 0 Å². The molecule has 0 radical (unpaired) electrons. The van der Waals surface area contributed by atoms with Crippen molar-refractivity contribution in [1.29, 1.82) is 0 Å². The number of aliphatic imine (C=N–C) groups is 1. The minimum absolute atomic E-state index is 0.901. The van der Waals surface area contributed by atoms with Crippen molar-refractivity contribution in [3.05, 3.63) is 54.1 Å². The number of benzene rings is 2. The zero-order chi connectivity index (χ0) is 14.1. The Morgan fingerprint density at radius 3 is 2.67 bits per heavy atom. The topological polar surface area (TPSA) is 55.1 Å². The third-order valence-corrected chi connectivity index (χ3v) is 3.63. The van der Waals surface area contributed by atoms with E-state index in [2.05, 4.69) is 44.9 Å². The summed E-state index contributed by atoms with van der Waals surface area (Å²) < 4.78 is 1.86. The van der Waals surface area contributed by atoms with Crippen molar-refractivity contribution in [2.75, 3.05) is 13.1 Å². The maximum absolute atomic E-state index is 4.51. The van der Waals surface area contributed by atoms with Crippen LogP contribution >= 0.6 is 0 Å². The molecule has 2 heterocycles. The monoisotopic (exact) mass is 277 g/mol. The van der Waals surface area contributed by atoms with E-state index < -0.39 is 0 Å². The van der Waals surface area contributed by atoms with Crippen molar-refractivity contribution in [2.24, 2.45) is 4.99 Å². The van der Waals surface area contributed by atoms with Gasteiger partial charge in [0.2, 0.25) is 0 Å². The lowest BCUT2D eigenvalue weighted by Gasteiger charge is -2.14. The van der Waals surface area contributed by atoms with E-state index in [0.29, 0.717) is 0 Å². The highest BCUT2D eigenvalue weighted by molar-refractivity contribution is 5.99. The van der Waals surface area contributed by atoms with Gasteiger partial charge in [-0.15, -0.1) is 5.10 Å². The molecule has 0 amide bonds. The van der Waals surface area contributed by atoms with Crippen LogP contribution in [0.2, 0.25) is 0 Å². The molecular formula is C16H15N5. The second-order valence-electron chi connectivity index (χ2n) is 5.05. The molecule has 0 saturated carbocycles. The maximum atomic E-state index is 4.51. The third-order valence-electron chi connectivity index (χ3n) is 3.63. The summed E-state index contributed by atoms with van der Waals surface area (Å²) in [4.78, 5) is 4.51. The molecule has 21 heavy (non-hydrogen) atoms. The van der Waals surface area contributed by atoms with Crippen LogP contribution in [0.25, 0.3) is 16.7 Å². The third kappa shape index (κ3) is 2.16. The van der Waals surface area contributed by atoms with E-state index in [-0.39, 0.29) is 0 Å². The number of fused-ring (bicyclic) bond motifs is 1. The number of hydrogen-bond donors (Lipinski definition) is 1. The van der Waals surface area contributed by atoms with Gasteiger partial charge in [-0.25, -0.2) is 4.68 Å². The summed E-state index contributed by atoms with van der Waals surface area (Å²) in [6.45, 7) is 1.89. The van der Waals surface area contributed by atoms with Crippen molar-refractivity contribution in [3.8, 4) is 5.69 Å². The normalized spacial score (nSPS) is 14.8. The highest BCUT2D eigenvalue weighted by Crippen LogP contribution is 2.16. The standard InChI is InChI=1S/C16H15N5/c1-2-5-15-14(4-1)19-20-21(15)13-8-6-12(7-9-13)16-17-10-3-11-18-16/h1-2,4-9H,3,10-11H2,(H,17,18). The van der Waals surface area contributed by atoms with Crippen LogP contribution in [-0.2, 0) is 0 Å². The summed E-state index contributed by atoms with van der Waals surface area (Å²) in [6.07, 6.45) is 1.10. The zero-order valence-corrected chi connectivity index (χ0v) is 11.5. The highest BCUT2D eigenvalue weighted by Gasteiger charge is 2.09. The number of nitrogens with zero attached hydrogens (tertiary/aromatic N) is 4. The van der Waals surface area contributed by atoms with Gasteiger partial charge in [-0.1, -0.05) is 17.3 Å². The van der Waals surface area contributed by atoms with Crippen molar-refractivity contribution >= 4 is 16.9 Å². The number of para-hydroxylation sites is 1. The van der Waals surface area contributed by atoms with Crippen LogP contribution < -0.4 is 5.32 Å². The second-order valence-corrected chi connectivity index (χ2v) is 5.05. The van der Waals surface area contributed by atoms with Crippen LogP contribution in [-0.4, -0.2) is 33.9 Å². The Hall–Kier alpha value is -2.69. The summed E-state index contributed by atoms with van der Waals surface area (Å²) in [5, 5.41) is 11.7. The number of aromatic nitrogens is 3. The Morgan fingerprint density at radius 2 is 1.86 bits per heavy atom. The van der Waals surface area contributed by atoms with Crippen molar-refractivity contribution in [1.82, 2.24) is 20.3 Å². The SMILES string of the molecule is c1ccc2c(c1)nnn2-c1ccc(C2=NCCCN2)cc1. The lowest BCUT2D eigenvalue weighted by atomic mass is 10.1. The van der Waals surface area contributed by atoms with Gasteiger partial charge in [-0.05, 0) is 42.8 Å². The molecule has 5 nitrogen and oxygen atoms in total. The first-order valence-corrected chi connectivity index (χ1v) is 7.11. The van der Waals surface area contributed by atoms with Crippen LogP contribution in [0.4, 0.5) is 0 Å². The first kappa shape index (κ1) is 12.1. The summed E-state index contributed by atoms with van der Waals surface area (Å²) >= 11 is 0. The van der Waals surface area contributed by atoms with Crippen molar-refractivity contribution in [3.63, 3.8) is 0 Å². The Bertz CT molecular complexity index is 801. The Balaban J connectivity index is 1.72. The fourth-order valence-corrected chi connectivity index (χ4v) is 2.55. The largest absolute Gasteiger partial charge is 0.370 e. The molecule has 0 bridgehead atoms. The molecule has 2 aromatic carbocycles. The fraction of sp³-hybridized carbons (Fsp3) is 0.188. The van der Waals surface area contributed by atoms with E-state index in [1.807, 2.05) is 28.9 Å². The van der Waals surface area contributed by atoms with Crippen LogP contribution in [0.5, 0.6) is 0 Å². The van der Waals surface area contributed by atoms with Crippen LogP contribution in [0, 0.1) is 0 Å².